The fourth-order valence-electron chi connectivity index (χ4n) is 1.63. The van der Waals surface area contributed by atoms with E-state index in [1.165, 1.54) is 57.8 Å². The summed E-state index contributed by atoms with van der Waals surface area (Å²) in [5, 5.41) is 3.30. The van der Waals surface area contributed by atoms with E-state index in [9.17, 15) is 0 Å². The molecule has 90 valence electrons. The Bertz CT molecular complexity index is 149. The third kappa shape index (κ3) is 14.7. The predicted molar refractivity (Wildman–Crippen MR) is 73.1 cm³/mol. The van der Waals surface area contributed by atoms with Gasteiger partial charge in [-0.05, 0) is 0 Å². The molecule has 0 spiro atoms. The van der Waals surface area contributed by atoms with Crippen LogP contribution in [0.5, 0.6) is 0 Å². The van der Waals surface area contributed by atoms with Crippen LogP contribution in [-0.2, 0) is 0 Å². The third-order valence-electron chi connectivity index (χ3n) is 2.56. The quantitative estimate of drug-likeness (QED) is 0.449. The molecule has 1 N–H and O–H groups in total. The van der Waals surface area contributed by atoms with Gasteiger partial charge in [0.25, 0.3) is 0 Å². The molecule has 3 heteroatoms. The standard InChI is InChI=1S/C12H25NSe2/c1-2-3-4-5-6-7-8-9-10-11-13-12(14)15/h2-11H2,1H3,(H2,13,14,15). The summed E-state index contributed by atoms with van der Waals surface area (Å²) < 4.78 is 1.15. The van der Waals surface area contributed by atoms with Crippen LogP contribution in [0.15, 0.2) is 0 Å². The molecule has 0 heterocycles. The fourth-order valence-corrected chi connectivity index (χ4v) is 2.08. The molecule has 1 nitrogen and oxygen atoms in total. The van der Waals surface area contributed by atoms with Crippen LogP contribution in [0.3, 0.4) is 0 Å². The number of hydrogen-bond acceptors (Lipinski definition) is 1. The first kappa shape index (κ1) is 15.7. The van der Waals surface area contributed by atoms with Crippen molar-refractivity contribution in [1.29, 1.82) is 0 Å². The van der Waals surface area contributed by atoms with E-state index < -0.39 is 0 Å². The zero-order valence-corrected chi connectivity index (χ0v) is 13.5. The molecule has 0 saturated heterocycles. The van der Waals surface area contributed by atoms with Gasteiger partial charge >= 0.3 is 105 Å². The molecule has 0 amide bonds. The maximum atomic E-state index is 3.30. The van der Waals surface area contributed by atoms with Crippen molar-refractivity contribution in [1.82, 2.24) is 5.32 Å². The van der Waals surface area contributed by atoms with E-state index in [0.29, 0.717) is 0 Å². The number of hydrogen-bond donors (Lipinski definition) is 1. The minimum atomic E-state index is 1.12. The summed E-state index contributed by atoms with van der Waals surface area (Å²) in [6, 6.07) is 0. The van der Waals surface area contributed by atoms with Crippen LogP contribution in [0.1, 0.15) is 64.7 Å². The molecule has 0 atom stereocenters. The van der Waals surface area contributed by atoms with Crippen LogP contribution in [-0.4, -0.2) is 41.6 Å². The molecule has 0 aromatic carbocycles. The topological polar surface area (TPSA) is 12.0 Å². The van der Waals surface area contributed by atoms with E-state index in [1.54, 1.807) is 0 Å². The van der Waals surface area contributed by atoms with Crippen LogP contribution in [0.25, 0.3) is 0 Å². The zero-order chi connectivity index (χ0) is 11.4. The molecule has 0 fully saturated rings. The SMILES string of the molecule is CCCCCCCCCCCNC(=[Se])[SeH]. The summed E-state index contributed by atoms with van der Waals surface area (Å²) in [7, 11) is 0. The van der Waals surface area contributed by atoms with Crippen LogP contribution in [0, 0.1) is 0 Å². The molecule has 0 aromatic heterocycles. The van der Waals surface area contributed by atoms with Crippen molar-refractivity contribution in [3.63, 3.8) is 0 Å². The Morgan fingerprint density at radius 3 is 1.87 bits per heavy atom. The van der Waals surface area contributed by atoms with Crippen LogP contribution in [0.4, 0.5) is 0 Å². The van der Waals surface area contributed by atoms with E-state index in [2.05, 4.69) is 43.8 Å². The molecule has 0 aliphatic rings. The monoisotopic (exact) mass is 343 g/mol. The van der Waals surface area contributed by atoms with Crippen LogP contribution >= 0.6 is 0 Å². The van der Waals surface area contributed by atoms with Gasteiger partial charge < -0.3 is 0 Å². The van der Waals surface area contributed by atoms with E-state index >= 15 is 0 Å². The van der Waals surface area contributed by atoms with Crippen LogP contribution < -0.4 is 5.32 Å². The van der Waals surface area contributed by atoms with E-state index in [-0.39, 0.29) is 0 Å². The summed E-state index contributed by atoms with van der Waals surface area (Å²) in [6.07, 6.45) is 12.6. The first-order valence-electron chi connectivity index (χ1n) is 6.24. The molecule has 0 saturated carbocycles. The van der Waals surface area contributed by atoms with Gasteiger partial charge in [-0.15, -0.1) is 0 Å². The average molecular weight is 341 g/mol. The Balaban J connectivity index is 2.89. The van der Waals surface area contributed by atoms with E-state index in [1.807, 2.05) is 0 Å². The Hall–Kier alpha value is 0.709. The molecular formula is C12H25NSe2. The summed E-state index contributed by atoms with van der Waals surface area (Å²) >= 11 is 5.45. The second-order valence-electron chi connectivity index (χ2n) is 4.06. The molecule has 0 aromatic rings. The van der Waals surface area contributed by atoms with Gasteiger partial charge in [0, 0.05) is 0 Å². The molecular weight excluding hydrogens is 316 g/mol. The van der Waals surface area contributed by atoms with Gasteiger partial charge in [0.2, 0.25) is 0 Å². The minimum absolute atomic E-state index is 1.12. The summed E-state index contributed by atoms with van der Waals surface area (Å²) in [5.41, 5.74) is 0. The molecule has 0 unspecified atom stereocenters. The van der Waals surface area contributed by atoms with Crippen molar-refractivity contribution >= 4 is 35.0 Å². The van der Waals surface area contributed by atoms with E-state index in [0.717, 1.165) is 9.98 Å². The van der Waals surface area contributed by atoms with Gasteiger partial charge in [-0.1, -0.05) is 6.92 Å². The van der Waals surface area contributed by atoms with Crippen molar-refractivity contribution < 1.29 is 0 Å². The molecule has 0 rings (SSSR count). The maximum absolute atomic E-state index is 3.30. The average Bonchev–Trinajstić information content (AvgIpc) is 2.20. The van der Waals surface area contributed by atoms with Gasteiger partial charge in [-0.2, -0.15) is 0 Å². The molecule has 0 bridgehead atoms. The Morgan fingerprint density at radius 1 is 0.933 bits per heavy atom. The Kier molecular flexibility index (Phi) is 13.4. The van der Waals surface area contributed by atoms with Crippen molar-refractivity contribution in [2.45, 2.75) is 64.7 Å². The Labute approximate surface area is 111 Å². The van der Waals surface area contributed by atoms with Gasteiger partial charge in [-0.3, -0.25) is 0 Å². The summed E-state index contributed by atoms with van der Waals surface area (Å²) in [6.45, 7) is 3.39. The summed E-state index contributed by atoms with van der Waals surface area (Å²) in [4.78, 5) is 0. The van der Waals surface area contributed by atoms with E-state index in [4.69, 9.17) is 0 Å². The third-order valence-corrected chi connectivity index (χ3v) is 3.19. The predicted octanol–water partition coefficient (Wildman–Crippen LogP) is 2.26. The van der Waals surface area contributed by atoms with Crippen LogP contribution in [0.2, 0.25) is 0 Å². The zero-order valence-electron chi connectivity index (χ0n) is 9.93. The van der Waals surface area contributed by atoms with Crippen molar-refractivity contribution in [2.75, 3.05) is 6.54 Å². The van der Waals surface area contributed by atoms with Gasteiger partial charge in [-0.25, -0.2) is 0 Å². The number of nitrogens with one attached hydrogen (secondary N) is 1. The second kappa shape index (κ2) is 12.8. The molecule has 0 aliphatic heterocycles. The van der Waals surface area contributed by atoms with Gasteiger partial charge in [0.15, 0.2) is 0 Å². The normalized spacial score (nSPS) is 10.3. The van der Waals surface area contributed by atoms with Crippen molar-refractivity contribution in [3.8, 4) is 0 Å². The molecule has 15 heavy (non-hydrogen) atoms. The fraction of sp³-hybridized carbons (Fsp3) is 0.917. The van der Waals surface area contributed by atoms with Crippen molar-refractivity contribution in [2.24, 2.45) is 0 Å². The first-order valence-corrected chi connectivity index (χ1v) is 8.03. The number of rotatable bonds is 11. The van der Waals surface area contributed by atoms with Crippen molar-refractivity contribution in [3.05, 3.63) is 0 Å². The van der Waals surface area contributed by atoms with Gasteiger partial charge in [0.05, 0.1) is 0 Å². The first-order chi connectivity index (χ1) is 7.27. The van der Waals surface area contributed by atoms with Gasteiger partial charge in [0.1, 0.15) is 0 Å². The second-order valence-corrected chi connectivity index (χ2v) is 7.33. The Morgan fingerprint density at radius 2 is 1.40 bits per heavy atom. The number of unbranched alkanes of at least 4 members (excludes halogenated alkanes) is 8. The molecule has 0 radical (unpaired) electrons. The molecule has 0 aliphatic carbocycles. The summed E-state index contributed by atoms with van der Waals surface area (Å²) in [5.74, 6) is 0.